The monoisotopic (exact) mass is 340 g/mol. The van der Waals surface area contributed by atoms with Crippen LogP contribution in [0.15, 0.2) is 29.1 Å². The van der Waals surface area contributed by atoms with Crippen LogP contribution < -0.4 is 5.56 Å². The first-order chi connectivity index (χ1) is 11.4. The third kappa shape index (κ3) is 2.76. The molecule has 0 fully saturated rings. The third-order valence-corrected chi connectivity index (χ3v) is 4.97. The third-order valence-electron chi connectivity index (χ3n) is 3.84. The van der Waals surface area contributed by atoms with Gasteiger partial charge in [-0.1, -0.05) is 47.2 Å². The highest BCUT2D eigenvalue weighted by Crippen LogP contribution is 2.21. The molecule has 1 aromatic carbocycles. The highest BCUT2D eigenvalue weighted by atomic mass is 32.1. The molecule has 2 aromatic heterocycles. The minimum atomic E-state index is -1.04. The van der Waals surface area contributed by atoms with Crippen LogP contribution in [0.5, 0.6) is 0 Å². The second-order valence-electron chi connectivity index (χ2n) is 5.61. The van der Waals surface area contributed by atoms with E-state index in [-0.39, 0.29) is 10.4 Å². The number of benzene rings is 1. The van der Waals surface area contributed by atoms with Crippen LogP contribution in [0.2, 0.25) is 0 Å². The molecule has 0 aliphatic rings. The first-order valence-electron chi connectivity index (χ1n) is 7.39. The smallest absolute Gasteiger partial charge is 0.347 e. The molecule has 0 aliphatic carbocycles. The molecule has 1 N–H and O–H groups in total. The van der Waals surface area contributed by atoms with E-state index in [0.29, 0.717) is 21.9 Å². The molecule has 3 rings (SSSR count). The molecule has 5 nitrogen and oxygen atoms in total. The van der Waals surface area contributed by atoms with Gasteiger partial charge in [0.2, 0.25) is 0 Å². The topological polar surface area (TPSA) is 71.7 Å². The van der Waals surface area contributed by atoms with Crippen molar-refractivity contribution in [1.82, 2.24) is 9.38 Å². The van der Waals surface area contributed by atoms with Crippen LogP contribution in [0.4, 0.5) is 0 Å². The second kappa shape index (κ2) is 6.05. The Balaban J connectivity index is 2.14. The fourth-order valence-electron chi connectivity index (χ4n) is 2.54. The number of aryl methyl sites for hydroxylation is 2. The normalized spacial score (nSPS) is 11.5. The lowest BCUT2D eigenvalue weighted by molar-refractivity contribution is 0.0701. The summed E-state index contributed by atoms with van der Waals surface area (Å²) in [5.74, 6) is -1.04. The Morgan fingerprint density at radius 3 is 2.67 bits per heavy atom. The molecule has 122 valence electrons. The van der Waals surface area contributed by atoms with Crippen molar-refractivity contribution in [3.05, 3.63) is 67.6 Å². The molecule has 0 unspecified atom stereocenters. The summed E-state index contributed by atoms with van der Waals surface area (Å²) < 4.78 is 1.37. The first kappa shape index (κ1) is 16.1. The lowest BCUT2D eigenvalue weighted by Gasteiger charge is -2.02. The molecule has 0 saturated carbocycles. The number of carbonyl (C=O) groups is 1. The lowest BCUT2D eigenvalue weighted by Crippen LogP contribution is -2.19. The molecule has 0 spiro atoms. The summed E-state index contributed by atoms with van der Waals surface area (Å²) in [5, 5.41) is 9.23. The average Bonchev–Trinajstić information content (AvgIpc) is 2.86. The zero-order valence-corrected chi connectivity index (χ0v) is 14.3. The summed E-state index contributed by atoms with van der Waals surface area (Å²) in [4.78, 5) is 28.8. The Hall–Kier alpha value is -2.73. The number of thiazole rings is 1. The lowest BCUT2D eigenvalue weighted by atomic mass is 10.1. The van der Waals surface area contributed by atoms with Crippen molar-refractivity contribution in [2.24, 2.45) is 0 Å². The van der Waals surface area contributed by atoms with Gasteiger partial charge < -0.3 is 5.11 Å². The number of aromatic nitrogens is 2. The molecule has 0 saturated heterocycles. The van der Waals surface area contributed by atoms with E-state index >= 15 is 0 Å². The van der Waals surface area contributed by atoms with Gasteiger partial charge in [-0.2, -0.15) is 0 Å². The summed E-state index contributed by atoms with van der Waals surface area (Å²) >= 11 is 1.01. The van der Waals surface area contributed by atoms with Crippen LogP contribution in [0.25, 0.3) is 17.1 Å². The van der Waals surface area contributed by atoms with Crippen LogP contribution in [0.1, 0.15) is 37.7 Å². The molecule has 3 aromatic rings. The number of carboxylic acid groups (broad SMARTS) is 1. The molecule has 0 aliphatic heterocycles. The molecule has 0 radical (unpaired) electrons. The van der Waals surface area contributed by atoms with E-state index in [0.717, 1.165) is 22.5 Å². The molecule has 6 heteroatoms. The number of rotatable bonds is 3. The van der Waals surface area contributed by atoms with Gasteiger partial charge in [0.05, 0.1) is 11.4 Å². The van der Waals surface area contributed by atoms with Gasteiger partial charge in [-0.3, -0.25) is 9.20 Å². The van der Waals surface area contributed by atoms with Gasteiger partial charge in [-0.05, 0) is 32.4 Å². The van der Waals surface area contributed by atoms with Crippen molar-refractivity contribution in [3.63, 3.8) is 0 Å². The predicted octanol–water partition coefficient (Wildman–Crippen LogP) is 3.55. The number of hydrogen-bond donors (Lipinski definition) is 1. The van der Waals surface area contributed by atoms with Crippen LogP contribution in [-0.4, -0.2) is 20.5 Å². The average molecular weight is 340 g/mol. The Morgan fingerprint density at radius 2 is 2.00 bits per heavy atom. The summed E-state index contributed by atoms with van der Waals surface area (Å²) in [7, 11) is 0. The van der Waals surface area contributed by atoms with E-state index < -0.39 is 5.97 Å². The van der Waals surface area contributed by atoms with Crippen LogP contribution >= 0.6 is 11.3 Å². The van der Waals surface area contributed by atoms with Gasteiger partial charge in [0, 0.05) is 5.56 Å². The van der Waals surface area contributed by atoms with E-state index in [9.17, 15) is 14.7 Å². The Morgan fingerprint density at radius 1 is 1.25 bits per heavy atom. The number of hydrogen-bond acceptors (Lipinski definition) is 4. The summed E-state index contributed by atoms with van der Waals surface area (Å²) in [6.07, 6.45) is 3.69. The highest BCUT2D eigenvalue weighted by Gasteiger charge is 2.18. The molecule has 0 bridgehead atoms. The van der Waals surface area contributed by atoms with E-state index in [4.69, 9.17) is 0 Å². The van der Waals surface area contributed by atoms with Gasteiger partial charge >= 0.3 is 5.97 Å². The van der Waals surface area contributed by atoms with Gasteiger partial charge in [0.25, 0.3) is 5.56 Å². The molecule has 24 heavy (non-hydrogen) atoms. The number of fused-ring (bicyclic) bond motifs is 1. The fraction of sp³-hybridized carbons (Fsp3) is 0.167. The molecular weight excluding hydrogens is 324 g/mol. The Bertz CT molecular complexity index is 1040. The van der Waals surface area contributed by atoms with Crippen LogP contribution in [-0.2, 0) is 0 Å². The van der Waals surface area contributed by atoms with Crippen molar-refractivity contribution >= 4 is 34.4 Å². The van der Waals surface area contributed by atoms with Crippen molar-refractivity contribution < 1.29 is 9.90 Å². The minimum Gasteiger partial charge on any atom is -0.477 e. The maximum Gasteiger partial charge on any atom is 0.347 e. The largest absolute Gasteiger partial charge is 0.477 e. The van der Waals surface area contributed by atoms with Gasteiger partial charge in [0.1, 0.15) is 4.88 Å². The van der Waals surface area contributed by atoms with Crippen molar-refractivity contribution in [2.75, 3.05) is 0 Å². The maximum absolute atomic E-state index is 12.6. The molecule has 0 atom stereocenters. The van der Waals surface area contributed by atoms with E-state index in [1.165, 1.54) is 4.40 Å². The number of nitrogens with zero attached hydrogens (tertiary/aromatic N) is 2. The number of carboxylic acids is 1. The Labute approximate surface area is 142 Å². The zero-order chi connectivity index (χ0) is 17.4. The predicted molar refractivity (Wildman–Crippen MR) is 95.9 cm³/mol. The summed E-state index contributed by atoms with van der Waals surface area (Å²) in [5.41, 5.74) is 3.40. The zero-order valence-electron chi connectivity index (χ0n) is 13.5. The number of aromatic carboxylic acids is 1. The second-order valence-corrected chi connectivity index (χ2v) is 6.59. The van der Waals surface area contributed by atoms with Gasteiger partial charge in [-0.25, -0.2) is 9.78 Å². The van der Waals surface area contributed by atoms with E-state index in [1.54, 1.807) is 19.9 Å². The highest BCUT2D eigenvalue weighted by molar-refractivity contribution is 7.18. The first-order valence-corrected chi connectivity index (χ1v) is 8.21. The molecule has 2 heterocycles. The van der Waals surface area contributed by atoms with Crippen molar-refractivity contribution in [1.29, 1.82) is 0 Å². The standard InChI is InChI=1S/C18H16N2O3S/c1-10-5-4-6-13(9-10)7-8-14-11(2)16(21)20-12(3)15(17(22)23)24-18(20)19-14/h4-9H,1-3H3,(H,22,23). The fourth-order valence-corrected chi connectivity index (χ4v) is 3.51. The van der Waals surface area contributed by atoms with Crippen molar-refractivity contribution in [2.45, 2.75) is 20.8 Å². The molecular formula is C18H16N2O3S. The van der Waals surface area contributed by atoms with Crippen LogP contribution in [0, 0.1) is 20.8 Å². The van der Waals surface area contributed by atoms with Crippen LogP contribution in [0.3, 0.4) is 0 Å². The molecule has 0 amide bonds. The maximum atomic E-state index is 12.6. The summed E-state index contributed by atoms with van der Waals surface area (Å²) in [6, 6.07) is 7.99. The minimum absolute atomic E-state index is 0.138. The van der Waals surface area contributed by atoms with Gasteiger partial charge in [0.15, 0.2) is 4.96 Å². The Kier molecular flexibility index (Phi) is 4.07. The van der Waals surface area contributed by atoms with E-state index in [1.807, 2.05) is 37.3 Å². The van der Waals surface area contributed by atoms with Crippen molar-refractivity contribution in [3.8, 4) is 0 Å². The quantitative estimate of drug-likeness (QED) is 0.791. The van der Waals surface area contributed by atoms with E-state index in [2.05, 4.69) is 4.98 Å². The summed E-state index contributed by atoms with van der Waals surface area (Å²) in [6.45, 7) is 5.34. The SMILES string of the molecule is Cc1cccc(C=Cc2nc3sc(C(=O)O)c(C)n3c(=O)c2C)c1. The van der Waals surface area contributed by atoms with Gasteiger partial charge in [-0.15, -0.1) is 0 Å².